The maximum atomic E-state index is 13.8. The first-order valence-corrected chi connectivity index (χ1v) is 30.2. The van der Waals surface area contributed by atoms with E-state index in [2.05, 4.69) is 47.4 Å². The first-order valence-electron chi connectivity index (χ1n) is 30.2. The number of nitrogens with zero attached hydrogens (tertiary/aromatic N) is 4. The second kappa shape index (κ2) is 29.6. The number of fused-ring (bicyclic) bond motifs is 4. The standard InChI is InChI=1S/2C34H28N2O4.C8H10O2/c2*1-3-5-21-35-31(37)27-25(19-17-23-13-9-7-10-14-23)29-30(34(40)36(33(29)39)22-6-4-2)26(28(27)32(35)38)20-18-24-15-11-8-12-16-24;1-9-7-3-5-8(10-2)6-4-7/h2*7-16H,3-6,21-22H2,1-2H3;3-6H,1-2H3. The van der Waals surface area contributed by atoms with E-state index in [9.17, 15) is 38.4 Å². The highest BCUT2D eigenvalue weighted by Gasteiger charge is 2.30. The Bertz CT molecular complexity index is 4360. The van der Waals surface area contributed by atoms with Crippen molar-refractivity contribution in [2.24, 2.45) is 0 Å². The number of ether oxygens (including phenoxy) is 2. The number of hydrogen-bond acceptors (Lipinski definition) is 10. The zero-order valence-electron chi connectivity index (χ0n) is 51.2. The smallest absolute Gasteiger partial charge is 0.262 e. The summed E-state index contributed by atoms with van der Waals surface area (Å²) >= 11 is 0. The summed E-state index contributed by atoms with van der Waals surface area (Å²) in [5.74, 6) is 25.9. The lowest BCUT2D eigenvalue weighted by molar-refractivity contribution is 0.403. The Labute approximate surface area is 519 Å². The van der Waals surface area contributed by atoms with Gasteiger partial charge in [-0.3, -0.25) is 56.6 Å². The van der Waals surface area contributed by atoms with E-state index in [0.29, 0.717) is 47.9 Å². The third-order valence-electron chi connectivity index (χ3n) is 15.3. The summed E-state index contributed by atoms with van der Waals surface area (Å²) < 4.78 is 14.7. The van der Waals surface area contributed by atoms with Crippen LogP contribution in [0, 0.1) is 47.4 Å². The number of hydrogen-bond donors (Lipinski definition) is 0. The number of benzene rings is 7. The van der Waals surface area contributed by atoms with Crippen LogP contribution in [0.15, 0.2) is 184 Å². The van der Waals surface area contributed by atoms with E-state index in [1.807, 2.05) is 173 Å². The Balaban J connectivity index is 0.000000185. The fraction of sp³-hybridized carbons (Fsp3) is 0.237. The topological polar surface area (TPSA) is 175 Å². The van der Waals surface area contributed by atoms with Gasteiger partial charge >= 0.3 is 0 Å². The molecule has 0 fully saturated rings. The van der Waals surface area contributed by atoms with Crippen LogP contribution in [0.2, 0.25) is 0 Å². The predicted octanol–water partition coefficient (Wildman–Crippen LogP) is 10.3. The van der Waals surface area contributed by atoms with Crippen LogP contribution in [0.1, 0.15) is 124 Å². The van der Waals surface area contributed by atoms with E-state index >= 15 is 0 Å². The number of rotatable bonds is 14. The van der Waals surface area contributed by atoms with E-state index in [1.54, 1.807) is 14.2 Å². The van der Waals surface area contributed by atoms with Gasteiger partial charge in [0, 0.05) is 48.4 Å². The molecular weight excluding hydrogens is 1130 g/mol. The van der Waals surface area contributed by atoms with Crippen molar-refractivity contribution in [3.8, 4) is 58.9 Å². The van der Waals surface area contributed by atoms with Gasteiger partial charge in [-0.15, -0.1) is 0 Å². The molecule has 14 nitrogen and oxygen atoms in total. The Kier molecular flexibility index (Phi) is 20.8. The van der Waals surface area contributed by atoms with Crippen LogP contribution in [0.3, 0.4) is 0 Å². The quantitative estimate of drug-likeness (QED) is 0.0953. The molecule has 0 N–H and O–H groups in total. The van der Waals surface area contributed by atoms with Crippen molar-refractivity contribution >= 4 is 43.1 Å². The molecule has 0 bridgehead atoms. The van der Waals surface area contributed by atoms with Crippen LogP contribution in [0.4, 0.5) is 0 Å². The largest absolute Gasteiger partial charge is 0.497 e. The third-order valence-corrected chi connectivity index (χ3v) is 15.3. The van der Waals surface area contributed by atoms with Crippen molar-refractivity contribution in [1.82, 2.24) is 18.3 Å². The molecular formula is C76H66N4O10. The van der Waals surface area contributed by atoms with E-state index in [0.717, 1.165) is 37.2 Å². The lowest BCUT2D eigenvalue weighted by Crippen LogP contribution is -2.26. The lowest BCUT2D eigenvalue weighted by atomic mass is 9.96. The molecule has 0 saturated heterocycles. The monoisotopic (exact) mass is 1190 g/mol. The van der Waals surface area contributed by atoms with Crippen molar-refractivity contribution in [1.29, 1.82) is 0 Å². The maximum absolute atomic E-state index is 13.8. The average Bonchev–Trinajstić information content (AvgIpc) is 1.56. The van der Waals surface area contributed by atoms with E-state index in [1.165, 1.54) is 18.3 Å². The molecule has 11 aromatic rings. The van der Waals surface area contributed by atoms with Gasteiger partial charge < -0.3 is 9.47 Å². The third kappa shape index (κ3) is 13.3. The molecule has 0 spiro atoms. The van der Waals surface area contributed by atoms with Gasteiger partial charge in [-0.05, 0) is 98.5 Å². The summed E-state index contributed by atoms with van der Waals surface area (Å²) in [4.78, 5) is 110. The SMILES string of the molecule is CCCCn1c(=O)c2c(C#Cc3ccccc3)c3c(=O)n(CCCC)c(=O)c3c(C#Cc3ccccc3)c2c1=O.CCCCn1c(=O)c2c(C#Cc3ccccc3)c3c(=O)n(CCCC)c(=O)c3c(C#Cc3ccccc3)c2c1=O.COc1ccc(OC)cc1. The van der Waals surface area contributed by atoms with Crippen LogP contribution in [-0.2, 0) is 26.2 Å². The van der Waals surface area contributed by atoms with Crippen LogP contribution in [-0.4, -0.2) is 32.5 Å². The second-order valence-corrected chi connectivity index (χ2v) is 21.3. The van der Waals surface area contributed by atoms with Crippen LogP contribution in [0.25, 0.3) is 43.1 Å². The van der Waals surface area contributed by atoms with Gasteiger partial charge in [0.15, 0.2) is 0 Å². The van der Waals surface area contributed by atoms with Gasteiger partial charge in [0.1, 0.15) is 11.5 Å². The minimum atomic E-state index is -0.511. The zero-order valence-corrected chi connectivity index (χ0v) is 51.2. The van der Waals surface area contributed by atoms with Gasteiger partial charge in [-0.25, -0.2) is 0 Å². The Morgan fingerprint density at radius 1 is 0.267 bits per heavy atom. The second-order valence-electron chi connectivity index (χ2n) is 21.3. The molecule has 7 aromatic carbocycles. The molecule has 0 unspecified atom stereocenters. The normalized spacial score (nSPS) is 10.6. The molecule has 90 heavy (non-hydrogen) atoms. The van der Waals surface area contributed by atoms with E-state index < -0.39 is 44.5 Å². The van der Waals surface area contributed by atoms with Crippen molar-refractivity contribution < 1.29 is 9.47 Å². The molecule has 4 heterocycles. The van der Waals surface area contributed by atoms with Gasteiger partial charge in [-0.1, -0.05) is 174 Å². The van der Waals surface area contributed by atoms with Crippen LogP contribution >= 0.6 is 0 Å². The van der Waals surface area contributed by atoms with E-state index in [4.69, 9.17) is 9.47 Å². The van der Waals surface area contributed by atoms with Crippen molar-refractivity contribution in [3.05, 3.63) is 273 Å². The molecule has 0 saturated carbocycles. The van der Waals surface area contributed by atoms with Gasteiger partial charge in [0.05, 0.1) is 79.6 Å². The summed E-state index contributed by atoms with van der Waals surface area (Å²) in [7, 11) is 3.28. The van der Waals surface area contributed by atoms with Gasteiger partial charge in [0.2, 0.25) is 0 Å². The maximum Gasteiger partial charge on any atom is 0.262 e. The van der Waals surface area contributed by atoms with Gasteiger partial charge in [-0.2, -0.15) is 0 Å². The molecule has 4 aromatic heterocycles. The van der Waals surface area contributed by atoms with Gasteiger partial charge in [0.25, 0.3) is 44.5 Å². The number of aromatic nitrogens is 4. The summed E-state index contributed by atoms with van der Waals surface area (Å²) in [6.07, 6.45) is 5.66. The molecule has 0 aliphatic rings. The Hall–Kier alpha value is -11.1. The highest BCUT2D eigenvalue weighted by atomic mass is 16.5. The molecule has 0 aliphatic heterocycles. The minimum Gasteiger partial charge on any atom is -0.497 e. The van der Waals surface area contributed by atoms with E-state index in [-0.39, 0.29) is 91.5 Å². The zero-order chi connectivity index (χ0) is 63.8. The lowest BCUT2D eigenvalue weighted by Gasteiger charge is -2.00. The molecule has 0 radical (unpaired) electrons. The highest BCUT2D eigenvalue weighted by Crippen LogP contribution is 2.29. The van der Waals surface area contributed by atoms with Crippen molar-refractivity contribution in [2.45, 2.75) is 105 Å². The van der Waals surface area contributed by atoms with Crippen molar-refractivity contribution in [3.63, 3.8) is 0 Å². The summed E-state index contributed by atoms with van der Waals surface area (Å²) in [6.45, 7) is 8.82. The molecule has 0 aliphatic carbocycles. The fourth-order valence-corrected chi connectivity index (χ4v) is 10.6. The van der Waals surface area contributed by atoms with Crippen molar-refractivity contribution in [2.75, 3.05) is 14.2 Å². The first-order chi connectivity index (χ1) is 43.8. The summed E-state index contributed by atoms with van der Waals surface area (Å²) in [6, 6.07) is 44.1. The summed E-state index contributed by atoms with van der Waals surface area (Å²) in [5, 5.41) is 0.438. The Morgan fingerprint density at radius 2 is 0.444 bits per heavy atom. The average molecular weight is 1200 g/mol. The molecule has 14 heteroatoms. The number of methoxy groups -OCH3 is 2. The molecule has 0 amide bonds. The minimum absolute atomic E-state index is 0.0548. The fourth-order valence-electron chi connectivity index (χ4n) is 10.6. The summed E-state index contributed by atoms with van der Waals surface area (Å²) in [5.41, 5.74) is -0.895. The molecule has 0 atom stereocenters. The predicted molar refractivity (Wildman–Crippen MR) is 359 cm³/mol. The first kappa shape index (κ1) is 63.4. The Morgan fingerprint density at radius 3 is 0.600 bits per heavy atom. The van der Waals surface area contributed by atoms with Crippen LogP contribution in [0.5, 0.6) is 11.5 Å². The number of unbranched alkanes of at least 4 members (excludes halogenated alkanes) is 4. The highest BCUT2D eigenvalue weighted by molar-refractivity contribution is 6.11. The molecule has 11 rings (SSSR count). The molecule has 450 valence electrons. The van der Waals surface area contributed by atoms with Crippen LogP contribution < -0.4 is 53.9 Å².